The van der Waals surface area contributed by atoms with Gasteiger partial charge in [-0.25, -0.2) is 19.7 Å². The van der Waals surface area contributed by atoms with Gasteiger partial charge < -0.3 is 25.4 Å². The highest BCUT2D eigenvalue weighted by Gasteiger charge is 2.21. The predicted octanol–water partition coefficient (Wildman–Crippen LogP) is 3.99. The molecule has 42 heavy (non-hydrogen) atoms. The number of benzene rings is 2. The van der Waals surface area contributed by atoms with Crippen LogP contribution in [0.25, 0.3) is 11.3 Å². The Hall–Kier alpha value is -4.90. The maximum atomic E-state index is 14.0. The van der Waals surface area contributed by atoms with Gasteiger partial charge in [0.05, 0.1) is 25.1 Å². The van der Waals surface area contributed by atoms with Crippen LogP contribution < -0.4 is 16.0 Å². The van der Waals surface area contributed by atoms with Crippen LogP contribution in [0.15, 0.2) is 73.1 Å². The normalized spacial score (nSPS) is 13.0. The van der Waals surface area contributed by atoms with E-state index in [0.717, 1.165) is 16.7 Å². The number of nitrogens with zero attached hydrogens (tertiary/aromatic N) is 4. The standard InChI is InChI=1S/C31H31FN6O4/c32-28-17-26(38-12-14-41-15-13-38)24(18-35-28)16-27(39)29-30(33)36-19-25(37-29)23-8-6-21(7-9-23)10-11-34-31(40)42-20-22-4-2-1-3-5-22/h1-9,17-19H,10-16,20H2,(H2,33,36)(H,34,40). The number of nitrogens with two attached hydrogens (primary N) is 1. The summed E-state index contributed by atoms with van der Waals surface area (Å²) < 4.78 is 24.6. The summed E-state index contributed by atoms with van der Waals surface area (Å²) in [5.74, 6) is -0.934. The van der Waals surface area contributed by atoms with Crippen molar-refractivity contribution < 1.29 is 23.5 Å². The summed E-state index contributed by atoms with van der Waals surface area (Å²) in [7, 11) is 0. The minimum Gasteiger partial charge on any atom is -0.445 e. The topological polar surface area (TPSA) is 133 Å². The number of carbonyl (C=O) groups excluding carboxylic acids is 2. The highest BCUT2D eigenvalue weighted by Crippen LogP contribution is 2.25. The number of ether oxygens (including phenoxy) is 2. The summed E-state index contributed by atoms with van der Waals surface area (Å²) in [4.78, 5) is 39.7. The van der Waals surface area contributed by atoms with Gasteiger partial charge in [-0.05, 0) is 17.5 Å². The minimum atomic E-state index is -0.615. The second-order valence-corrected chi connectivity index (χ2v) is 9.76. The number of aromatic nitrogens is 3. The minimum absolute atomic E-state index is 0.0218. The van der Waals surface area contributed by atoms with Gasteiger partial charge in [-0.1, -0.05) is 54.6 Å². The van der Waals surface area contributed by atoms with Crippen molar-refractivity contribution in [1.29, 1.82) is 0 Å². The Bertz CT molecular complexity index is 1530. The van der Waals surface area contributed by atoms with Crippen molar-refractivity contribution in [3.05, 3.63) is 101 Å². The lowest BCUT2D eigenvalue weighted by Crippen LogP contribution is -2.37. The number of nitrogens with one attached hydrogen (secondary N) is 1. The van der Waals surface area contributed by atoms with Crippen molar-refractivity contribution in [2.45, 2.75) is 19.4 Å². The molecule has 0 unspecified atom stereocenters. The Kier molecular flexibility index (Phi) is 9.30. The van der Waals surface area contributed by atoms with Gasteiger partial charge in [0.1, 0.15) is 12.3 Å². The van der Waals surface area contributed by atoms with E-state index in [0.29, 0.717) is 56.2 Å². The lowest BCUT2D eigenvalue weighted by Gasteiger charge is -2.30. The number of halogens is 1. The molecule has 3 N–H and O–H groups in total. The summed E-state index contributed by atoms with van der Waals surface area (Å²) >= 11 is 0. The molecule has 10 nitrogen and oxygen atoms in total. The molecular weight excluding hydrogens is 539 g/mol. The molecule has 0 aliphatic carbocycles. The first-order valence-electron chi connectivity index (χ1n) is 13.6. The average molecular weight is 571 g/mol. The quantitative estimate of drug-likeness (QED) is 0.215. The average Bonchev–Trinajstić information content (AvgIpc) is 3.02. The van der Waals surface area contributed by atoms with Crippen LogP contribution in [0.1, 0.15) is 27.2 Å². The smallest absolute Gasteiger partial charge is 0.407 e. The fourth-order valence-electron chi connectivity index (χ4n) is 4.61. The molecule has 216 valence electrons. The van der Waals surface area contributed by atoms with E-state index >= 15 is 0 Å². The molecule has 2 aromatic heterocycles. The molecular formula is C31H31FN6O4. The molecule has 0 bridgehead atoms. The van der Waals surface area contributed by atoms with Gasteiger partial charge in [0, 0.05) is 55.1 Å². The van der Waals surface area contributed by atoms with Crippen molar-refractivity contribution in [3.63, 3.8) is 0 Å². The van der Waals surface area contributed by atoms with Gasteiger partial charge in [0.2, 0.25) is 5.95 Å². The fourth-order valence-corrected chi connectivity index (χ4v) is 4.61. The molecule has 1 fully saturated rings. The first-order chi connectivity index (χ1) is 20.5. The molecule has 11 heteroatoms. The molecule has 3 heterocycles. The number of pyridine rings is 1. The Morgan fingerprint density at radius 1 is 1.00 bits per heavy atom. The first kappa shape index (κ1) is 28.6. The highest BCUT2D eigenvalue weighted by atomic mass is 19.1. The van der Waals surface area contributed by atoms with E-state index in [-0.39, 0.29) is 30.3 Å². The van der Waals surface area contributed by atoms with Crippen LogP contribution >= 0.6 is 0 Å². The third-order valence-electron chi connectivity index (χ3n) is 6.84. The highest BCUT2D eigenvalue weighted by molar-refractivity contribution is 6.00. The van der Waals surface area contributed by atoms with Crippen LogP contribution in [0.4, 0.5) is 20.7 Å². The fraction of sp³-hybridized carbons (Fsp3) is 0.258. The largest absolute Gasteiger partial charge is 0.445 e. The van der Waals surface area contributed by atoms with Crippen LogP contribution in [0, 0.1) is 5.95 Å². The zero-order valence-electron chi connectivity index (χ0n) is 23.0. The number of nitrogen functional groups attached to an aromatic ring is 1. The second-order valence-electron chi connectivity index (χ2n) is 9.76. The lowest BCUT2D eigenvalue weighted by atomic mass is 10.0. The summed E-state index contributed by atoms with van der Waals surface area (Å²) in [6.07, 6.45) is 2.97. The van der Waals surface area contributed by atoms with Gasteiger partial charge in [0.15, 0.2) is 11.6 Å². The number of rotatable bonds is 10. The van der Waals surface area contributed by atoms with Crippen LogP contribution in [-0.2, 0) is 28.9 Å². The summed E-state index contributed by atoms with van der Waals surface area (Å²) in [6.45, 7) is 2.85. The Balaban J connectivity index is 1.20. The molecule has 0 saturated carbocycles. The van der Waals surface area contributed by atoms with E-state index in [9.17, 15) is 14.0 Å². The number of alkyl carbamates (subject to hydrolysis) is 1. The maximum Gasteiger partial charge on any atom is 0.407 e. The van der Waals surface area contributed by atoms with E-state index in [4.69, 9.17) is 15.2 Å². The monoisotopic (exact) mass is 570 g/mol. The number of hydrogen-bond donors (Lipinski definition) is 2. The third kappa shape index (κ3) is 7.43. The van der Waals surface area contributed by atoms with Gasteiger partial charge in [0.25, 0.3) is 0 Å². The zero-order chi connectivity index (χ0) is 29.3. The van der Waals surface area contributed by atoms with Gasteiger partial charge in [-0.15, -0.1) is 0 Å². The Morgan fingerprint density at radius 3 is 2.52 bits per heavy atom. The number of anilines is 2. The molecule has 4 aromatic rings. The number of morpholine rings is 1. The van der Waals surface area contributed by atoms with E-state index in [1.807, 2.05) is 59.5 Å². The SMILES string of the molecule is Nc1ncc(-c2ccc(CCNC(=O)OCc3ccccc3)cc2)nc1C(=O)Cc1cnc(F)cc1N1CCOCC1. The number of carbonyl (C=O) groups is 2. The Labute approximate surface area is 242 Å². The molecule has 0 spiro atoms. The summed E-state index contributed by atoms with van der Waals surface area (Å²) in [5.41, 5.74) is 10.5. The van der Waals surface area contributed by atoms with Gasteiger partial charge in [-0.3, -0.25) is 4.79 Å². The summed E-state index contributed by atoms with van der Waals surface area (Å²) in [6, 6.07) is 18.4. The van der Waals surface area contributed by atoms with Gasteiger partial charge >= 0.3 is 6.09 Å². The number of amides is 1. The van der Waals surface area contributed by atoms with E-state index in [1.165, 1.54) is 18.5 Å². The first-order valence-corrected chi connectivity index (χ1v) is 13.6. The number of Topliss-reactive ketones (excluding diaryl/α,β-unsaturated/α-hetero) is 1. The molecule has 1 aliphatic heterocycles. The van der Waals surface area contributed by atoms with Gasteiger partial charge in [-0.2, -0.15) is 4.39 Å². The van der Waals surface area contributed by atoms with Crippen molar-refractivity contribution >= 4 is 23.4 Å². The van der Waals surface area contributed by atoms with Crippen molar-refractivity contribution in [2.24, 2.45) is 0 Å². The van der Waals surface area contributed by atoms with Crippen LogP contribution in [0.5, 0.6) is 0 Å². The molecule has 1 aliphatic rings. The lowest BCUT2D eigenvalue weighted by molar-refractivity contribution is 0.0988. The van der Waals surface area contributed by atoms with Crippen LogP contribution in [0.3, 0.4) is 0 Å². The van der Waals surface area contributed by atoms with E-state index in [2.05, 4.69) is 20.3 Å². The van der Waals surface area contributed by atoms with Crippen LogP contribution in [-0.4, -0.2) is 59.7 Å². The van der Waals surface area contributed by atoms with Crippen molar-refractivity contribution in [1.82, 2.24) is 20.3 Å². The zero-order valence-corrected chi connectivity index (χ0v) is 23.0. The third-order valence-corrected chi connectivity index (χ3v) is 6.84. The Morgan fingerprint density at radius 2 is 1.76 bits per heavy atom. The molecule has 1 amide bonds. The van der Waals surface area contributed by atoms with E-state index < -0.39 is 12.0 Å². The molecule has 5 rings (SSSR count). The number of hydrogen-bond acceptors (Lipinski definition) is 9. The summed E-state index contributed by atoms with van der Waals surface area (Å²) in [5, 5.41) is 2.75. The predicted molar refractivity (Wildman–Crippen MR) is 155 cm³/mol. The number of ketones is 1. The molecule has 0 atom stereocenters. The van der Waals surface area contributed by atoms with Crippen molar-refractivity contribution in [2.75, 3.05) is 43.5 Å². The van der Waals surface area contributed by atoms with Crippen LogP contribution in [0.2, 0.25) is 0 Å². The second kappa shape index (κ2) is 13.6. The maximum absolute atomic E-state index is 14.0. The molecule has 1 saturated heterocycles. The van der Waals surface area contributed by atoms with Crippen molar-refractivity contribution in [3.8, 4) is 11.3 Å². The molecule has 0 radical (unpaired) electrons. The van der Waals surface area contributed by atoms with E-state index in [1.54, 1.807) is 0 Å². The molecule has 2 aromatic carbocycles.